The zero-order chi connectivity index (χ0) is 13.9. The van der Waals surface area contributed by atoms with Crippen LogP contribution in [0.15, 0.2) is 33.7 Å². The zero-order valence-electron chi connectivity index (χ0n) is 11.6. The first-order valence-corrected chi connectivity index (χ1v) is 7.55. The van der Waals surface area contributed by atoms with E-state index in [-0.39, 0.29) is 0 Å². The molecule has 20 heavy (non-hydrogen) atoms. The molecule has 0 saturated heterocycles. The zero-order valence-corrected chi connectivity index (χ0v) is 12.4. The fourth-order valence-electron chi connectivity index (χ4n) is 2.28. The van der Waals surface area contributed by atoms with E-state index in [4.69, 9.17) is 9.26 Å². The Balaban J connectivity index is 1.82. The van der Waals surface area contributed by atoms with Crippen molar-refractivity contribution in [2.45, 2.75) is 31.0 Å². The van der Waals surface area contributed by atoms with Crippen LogP contribution in [0.2, 0.25) is 0 Å². The van der Waals surface area contributed by atoms with Gasteiger partial charge in [0.1, 0.15) is 6.61 Å². The van der Waals surface area contributed by atoms with Crippen molar-refractivity contribution in [2.24, 2.45) is 0 Å². The molecule has 1 aromatic heterocycles. The molecule has 1 aromatic carbocycles. The van der Waals surface area contributed by atoms with Gasteiger partial charge in [0.15, 0.2) is 5.82 Å². The second-order valence-corrected chi connectivity index (χ2v) is 5.85. The Bertz CT molecular complexity index is 587. The number of benzene rings is 1. The van der Waals surface area contributed by atoms with E-state index < -0.39 is 0 Å². The van der Waals surface area contributed by atoms with E-state index in [0.29, 0.717) is 30.9 Å². The molecule has 0 fully saturated rings. The van der Waals surface area contributed by atoms with E-state index in [1.165, 1.54) is 10.6 Å². The van der Waals surface area contributed by atoms with Gasteiger partial charge in [0.25, 0.3) is 0 Å². The predicted octanol–water partition coefficient (Wildman–Crippen LogP) is 2.72. The number of fused-ring (bicyclic) bond motifs is 1. The number of methoxy groups -OCH3 is 1. The van der Waals surface area contributed by atoms with E-state index in [9.17, 15) is 0 Å². The molecule has 3 rings (SSSR count). The van der Waals surface area contributed by atoms with E-state index >= 15 is 0 Å². The number of para-hydroxylation sites is 1. The maximum Gasteiger partial charge on any atom is 0.246 e. The first-order chi connectivity index (χ1) is 9.78. The highest BCUT2D eigenvalue weighted by atomic mass is 32.2. The summed E-state index contributed by atoms with van der Waals surface area (Å²) in [6.45, 7) is 3.23. The Morgan fingerprint density at radius 3 is 3.15 bits per heavy atom. The molecule has 0 N–H and O–H groups in total. The number of thioether (sulfide) groups is 1. The number of nitrogens with zero attached hydrogens (tertiary/aromatic N) is 3. The monoisotopic (exact) mass is 291 g/mol. The predicted molar refractivity (Wildman–Crippen MR) is 77.8 cm³/mol. The Hall–Kier alpha value is -1.53. The average molecular weight is 291 g/mol. The summed E-state index contributed by atoms with van der Waals surface area (Å²) < 4.78 is 10.3. The summed E-state index contributed by atoms with van der Waals surface area (Å²) in [6, 6.07) is 8.87. The van der Waals surface area contributed by atoms with Gasteiger partial charge in [0.05, 0.1) is 12.2 Å². The summed E-state index contributed by atoms with van der Waals surface area (Å²) >= 11 is 1.90. The van der Waals surface area contributed by atoms with E-state index in [1.54, 1.807) is 7.11 Å². The third-order valence-corrected chi connectivity index (χ3v) is 4.58. The van der Waals surface area contributed by atoms with E-state index in [1.807, 2.05) is 11.8 Å². The van der Waals surface area contributed by atoms with Crippen LogP contribution >= 0.6 is 11.8 Å². The van der Waals surface area contributed by atoms with Gasteiger partial charge in [-0.3, -0.25) is 0 Å². The lowest BCUT2D eigenvalue weighted by Crippen LogP contribution is -2.37. The molecule has 1 aliphatic heterocycles. The van der Waals surface area contributed by atoms with Crippen molar-refractivity contribution in [2.75, 3.05) is 17.8 Å². The van der Waals surface area contributed by atoms with Gasteiger partial charge < -0.3 is 14.2 Å². The molecular weight excluding hydrogens is 274 g/mol. The van der Waals surface area contributed by atoms with Crippen LogP contribution in [-0.2, 0) is 17.9 Å². The Morgan fingerprint density at radius 1 is 1.45 bits per heavy atom. The highest BCUT2D eigenvalue weighted by Gasteiger charge is 2.25. The van der Waals surface area contributed by atoms with E-state index in [0.717, 1.165) is 5.75 Å². The van der Waals surface area contributed by atoms with Crippen LogP contribution in [0.4, 0.5) is 5.69 Å². The summed E-state index contributed by atoms with van der Waals surface area (Å²) in [5, 5.41) is 3.91. The standard InChI is InChI=1S/C14H17N3O2S/c1-10-9-20-12-6-4-3-5-11(12)17(10)7-14-15-13(8-18-2)16-19-14/h3-6,10H,7-9H2,1-2H3. The highest BCUT2D eigenvalue weighted by molar-refractivity contribution is 7.99. The molecule has 2 heterocycles. The molecule has 5 nitrogen and oxygen atoms in total. The first kappa shape index (κ1) is 13.5. The third kappa shape index (κ3) is 2.66. The lowest BCUT2D eigenvalue weighted by Gasteiger charge is -2.35. The van der Waals surface area contributed by atoms with Gasteiger partial charge >= 0.3 is 0 Å². The highest BCUT2D eigenvalue weighted by Crippen LogP contribution is 2.37. The number of hydrogen-bond donors (Lipinski definition) is 0. The minimum Gasteiger partial charge on any atom is -0.377 e. The number of rotatable bonds is 4. The van der Waals surface area contributed by atoms with Crippen molar-refractivity contribution in [1.82, 2.24) is 10.1 Å². The van der Waals surface area contributed by atoms with Crippen molar-refractivity contribution in [3.8, 4) is 0 Å². The normalized spacial score (nSPS) is 18.1. The lowest BCUT2D eigenvalue weighted by molar-refractivity contribution is 0.174. The molecule has 1 unspecified atom stereocenters. The van der Waals surface area contributed by atoms with Gasteiger partial charge in [-0.15, -0.1) is 11.8 Å². The molecule has 2 aromatic rings. The Labute approximate surface area is 122 Å². The molecule has 1 aliphatic rings. The SMILES string of the molecule is COCc1noc(CN2c3ccccc3SCC2C)n1. The molecule has 0 radical (unpaired) electrons. The minimum absolute atomic E-state index is 0.380. The van der Waals surface area contributed by atoms with Gasteiger partial charge in [-0.1, -0.05) is 17.3 Å². The summed E-state index contributed by atoms with van der Waals surface area (Å²) in [4.78, 5) is 7.97. The molecule has 0 saturated carbocycles. The molecule has 1 atom stereocenters. The Morgan fingerprint density at radius 2 is 2.30 bits per heavy atom. The van der Waals surface area contributed by atoms with Crippen molar-refractivity contribution in [1.29, 1.82) is 0 Å². The largest absolute Gasteiger partial charge is 0.377 e. The fourth-order valence-corrected chi connectivity index (χ4v) is 3.39. The lowest BCUT2D eigenvalue weighted by atomic mass is 10.2. The maximum absolute atomic E-state index is 5.29. The summed E-state index contributed by atoms with van der Waals surface area (Å²) in [5.41, 5.74) is 1.24. The number of hydrogen-bond acceptors (Lipinski definition) is 6. The average Bonchev–Trinajstić information content (AvgIpc) is 2.90. The fraction of sp³-hybridized carbons (Fsp3) is 0.429. The van der Waals surface area contributed by atoms with E-state index in [2.05, 4.69) is 46.2 Å². The number of anilines is 1. The molecule has 6 heteroatoms. The van der Waals surface area contributed by atoms with Crippen LogP contribution < -0.4 is 4.90 Å². The molecule has 0 spiro atoms. The summed E-state index contributed by atoms with van der Waals surface area (Å²) in [5.74, 6) is 2.29. The molecule has 0 aliphatic carbocycles. The quantitative estimate of drug-likeness (QED) is 0.863. The number of ether oxygens (including phenoxy) is 1. The van der Waals surface area contributed by atoms with Gasteiger partial charge in [-0.25, -0.2) is 0 Å². The van der Waals surface area contributed by atoms with Crippen LogP contribution in [0.5, 0.6) is 0 Å². The maximum atomic E-state index is 5.29. The second-order valence-electron chi connectivity index (χ2n) is 4.79. The van der Waals surface area contributed by atoms with Gasteiger partial charge in [0.2, 0.25) is 5.89 Å². The summed E-state index contributed by atoms with van der Waals surface area (Å²) in [6.07, 6.45) is 0. The van der Waals surface area contributed by atoms with Crippen molar-refractivity contribution < 1.29 is 9.26 Å². The summed E-state index contributed by atoms with van der Waals surface area (Å²) in [7, 11) is 1.62. The van der Waals surface area contributed by atoms with Crippen molar-refractivity contribution in [3.05, 3.63) is 36.0 Å². The topological polar surface area (TPSA) is 51.4 Å². The second kappa shape index (κ2) is 5.85. The van der Waals surface area contributed by atoms with Gasteiger partial charge in [-0.05, 0) is 19.1 Å². The van der Waals surface area contributed by atoms with Crippen LogP contribution in [0.25, 0.3) is 0 Å². The number of aromatic nitrogens is 2. The third-order valence-electron chi connectivity index (χ3n) is 3.28. The molecule has 0 bridgehead atoms. The smallest absolute Gasteiger partial charge is 0.246 e. The molecular formula is C14H17N3O2S. The molecule has 106 valence electrons. The van der Waals surface area contributed by atoms with Crippen molar-refractivity contribution in [3.63, 3.8) is 0 Å². The van der Waals surface area contributed by atoms with Crippen LogP contribution in [0.1, 0.15) is 18.6 Å². The van der Waals surface area contributed by atoms with Crippen molar-refractivity contribution >= 4 is 17.4 Å². The van der Waals surface area contributed by atoms with Gasteiger partial charge in [0, 0.05) is 23.8 Å². The van der Waals surface area contributed by atoms with Gasteiger partial charge in [-0.2, -0.15) is 4.98 Å². The molecule has 0 amide bonds. The van der Waals surface area contributed by atoms with Crippen LogP contribution in [0.3, 0.4) is 0 Å². The minimum atomic E-state index is 0.380. The van der Waals surface area contributed by atoms with Crippen LogP contribution in [0, 0.1) is 0 Å². The van der Waals surface area contributed by atoms with Crippen LogP contribution in [-0.4, -0.2) is 29.0 Å². The Kier molecular flexibility index (Phi) is 3.93. The first-order valence-electron chi connectivity index (χ1n) is 6.57.